The van der Waals surface area contributed by atoms with Gasteiger partial charge < -0.3 is 10.6 Å². The van der Waals surface area contributed by atoms with E-state index in [9.17, 15) is 0 Å². The molecule has 1 aromatic rings. The van der Waals surface area contributed by atoms with Crippen LogP contribution in [0, 0.1) is 6.92 Å². The molecule has 3 heteroatoms. The minimum atomic E-state index is 0.121. The Morgan fingerprint density at radius 3 is 2.50 bits per heavy atom. The van der Waals surface area contributed by atoms with Crippen molar-refractivity contribution in [3.8, 4) is 0 Å². The van der Waals surface area contributed by atoms with Crippen LogP contribution in [0.25, 0.3) is 0 Å². The molecule has 18 heavy (non-hydrogen) atoms. The lowest BCUT2D eigenvalue weighted by atomic mass is 10.0. The molecular weight excluding hydrogens is 222 g/mol. The number of hydrogen-bond acceptors (Lipinski definition) is 3. The fraction of sp³-hybridized carbons (Fsp3) is 0.667. The molecule has 0 radical (unpaired) electrons. The molecule has 0 amide bonds. The van der Waals surface area contributed by atoms with Gasteiger partial charge in [-0.25, -0.2) is 4.98 Å². The topological polar surface area (TPSA) is 42.1 Å². The van der Waals surface area contributed by atoms with Crippen molar-refractivity contribution in [3.63, 3.8) is 0 Å². The molecule has 0 unspecified atom stereocenters. The summed E-state index contributed by atoms with van der Waals surface area (Å²) in [6, 6.07) is 2.33. The number of rotatable bonds is 3. The molecule has 2 N–H and O–H groups in total. The Labute approximate surface area is 110 Å². The zero-order valence-electron chi connectivity index (χ0n) is 11.7. The molecule has 1 fully saturated rings. The molecule has 1 aliphatic heterocycles. The average molecular weight is 247 g/mol. The molecule has 0 aromatic carbocycles. The van der Waals surface area contributed by atoms with E-state index in [0.29, 0.717) is 0 Å². The third-order valence-electron chi connectivity index (χ3n) is 3.91. The molecule has 1 aliphatic rings. The van der Waals surface area contributed by atoms with Gasteiger partial charge in [-0.3, -0.25) is 0 Å². The van der Waals surface area contributed by atoms with Crippen LogP contribution in [0.1, 0.15) is 56.2 Å². The molecular formula is C15H25N3. The maximum atomic E-state index is 6.10. The van der Waals surface area contributed by atoms with Crippen LogP contribution in [0.15, 0.2) is 12.3 Å². The van der Waals surface area contributed by atoms with Crippen LogP contribution in [0.2, 0.25) is 0 Å². The summed E-state index contributed by atoms with van der Waals surface area (Å²) in [5, 5.41) is 0. The molecule has 2 rings (SSSR count). The summed E-state index contributed by atoms with van der Waals surface area (Å²) in [5.74, 6) is 1.13. The number of anilines is 1. The van der Waals surface area contributed by atoms with E-state index in [1.807, 2.05) is 6.20 Å². The number of pyridine rings is 1. The molecule has 1 aromatic heterocycles. The number of aryl methyl sites for hydroxylation is 1. The highest BCUT2D eigenvalue weighted by Crippen LogP contribution is 2.23. The number of nitrogens with two attached hydrogens (primary N) is 1. The van der Waals surface area contributed by atoms with Gasteiger partial charge in [0, 0.05) is 25.3 Å². The van der Waals surface area contributed by atoms with Gasteiger partial charge in [-0.1, -0.05) is 19.8 Å². The maximum Gasteiger partial charge on any atom is 0.128 e. The third kappa shape index (κ3) is 3.02. The second-order valence-electron chi connectivity index (χ2n) is 5.32. The zero-order valence-corrected chi connectivity index (χ0v) is 11.7. The van der Waals surface area contributed by atoms with Crippen LogP contribution < -0.4 is 10.6 Å². The van der Waals surface area contributed by atoms with Crippen molar-refractivity contribution in [2.24, 2.45) is 5.73 Å². The SMILES string of the molecule is CC[C@@H](N)c1cnc(N2CCCCCC2)cc1C. The van der Waals surface area contributed by atoms with Gasteiger partial charge in [0.05, 0.1) is 0 Å². The molecule has 0 bridgehead atoms. The quantitative estimate of drug-likeness (QED) is 0.892. The van der Waals surface area contributed by atoms with Crippen LogP contribution >= 0.6 is 0 Å². The van der Waals surface area contributed by atoms with E-state index in [1.165, 1.54) is 36.8 Å². The van der Waals surface area contributed by atoms with Gasteiger partial charge in [0.25, 0.3) is 0 Å². The van der Waals surface area contributed by atoms with Gasteiger partial charge in [-0.15, -0.1) is 0 Å². The summed E-state index contributed by atoms with van der Waals surface area (Å²) >= 11 is 0. The first-order valence-corrected chi connectivity index (χ1v) is 7.19. The normalized spacial score (nSPS) is 18.5. The fourth-order valence-corrected chi connectivity index (χ4v) is 2.63. The largest absolute Gasteiger partial charge is 0.357 e. The van der Waals surface area contributed by atoms with Crippen LogP contribution in [-0.2, 0) is 0 Å². The Morgan fingerprint density at radius 1 is 1.28 bits per heavy atom. The van der Waals surface area contributed by atoms with Gasteiger partial charge >= 0.3 is 0 Å². The fourth-order valence-electron chi connectivity index (χ4n) is 2.63. The van der Waals surface area contributed by atoms with Gasteiger partial charge in [0.1, 0.15) is 5.82 Å². The second-order valence-corrected chi connectivity index (χ2v) is 5.32. The zero-order chi connectivity index (χ0) is 13.0. The van der Waals surface area contributed by atoms with Crippen LogP contribution in [0.3, 0.4) is 0 Å². The second kappa shape index (κ2) is 6.19. The number of hydrogen-bond donors (Lipinski definition) is 1. The highest BCUT2D eigenvalue weighted by atomic mass is 15.2. The highest BCUT2D eigenvalue weighted by Gasteiger charge is 2.13. The summed E-state index contributed by atoms with van der Waals surface area (Å²) < 4.78 is 0. The minimum absolute atomic E-state index is 0.121. The Morgan fingerprint density at radius 2 is 1.94 bits per heavy atom. The average Bonchev–Trinajstić information content (AvgIpc) is 2.66. The Balaban J connectivity index is 2.16. The molecule has 2 heterocycles. The smallest absolute Gasteiger partial charge is 0.128 e. The first-order chi connectivity index (χ1) is 8.72. The summed E-state index contributed by atoms with van der Waals surface area (Å²) in [7, 11) is 0. The van der Waals surface area contributed by atoms with Crippen molar-refractivity contribution < 1.29 is 0 Å². The Kier molecular flexibility index (Phi) is 4.59. The Hall–Kier alpha value is -1.09. The molecule has 1 saturated heterocycles. The maximum absolute atomic E-state index is 6.10. The molecule has 1 atom stereocenters. The summed E-state index contributed by atoms with van der Waals surface area (Å²) in [4.78, 5) is 7.04. The van der Waals surface area contributed by atoms with E-state index in [4.69, 9.17) is 5.73 Å². The van der Waals surface area contributed by atoms with Gasteiger partial charge in [-0.05, 0) is 43.4 Å². The first kappa shape index (κ1) is 13.3. The predicted octanol–water partition coefficient (Wildman–Crippen LogP) is 3.18. The number of aromatic nitrogens is 1. The standard InChI is InChI=1S/C15H25N3/c1-3-14(16)13-11-17-15(10-12(13)2)18-8-6-4-5-7-9-18/h10-11,14H,3-9,16H2,1-2H3/t14-/m1/s1. The van der Waals surface area contributed by atoms with Crippen molar-refractivity contribution in [1.82, 2.24) is 4.98 Å². The highest BCUT2D eigenvalue weighted by molar-refractivity contribution is 5.44. The van der Waals surface area contributed by atoms with Gasteiger partial charge in [0.15, 0.2) is 0 Å². The first-order valence-electron chi connectivity index (χ1n) is 7.19. The summed E-state index contributed by atoms with van der Waals surface area (Å²) in [6.07, 6.45) is 8.23. The van der Waals surface area contributed by atoms with E-state index in [2.05, 4.69) is 29.8 Å². The van der Waals surface area contributed by atoms with Gasteiger partial charge in [0.2, 0.25) is 0 Å². The van der Waals surface area contributed by atoms with Crippen molar-refractivity contribution in [1.29, 1.82) is 0 Å². The van der Waals surface area contributed by atoms with E-state index in [-0.39, 0.29) is 6.04 Å². The van der Waals surface area contributed by atoms with E-state index < -0.39 is 0 Å². The predicted molar refractivity (Wildman–Crippen MR) is 76.9 cm³/mol. The van der Waals surface area contributed by atoms with Crippen molar-refractivity contribution >= 4 is 5.82 Å². The molecule has 0 spiro atoms. The van der Waals surface area contributed by atoms with E-state index >= 15 is 0 Å². The summed E-state index contributed by atoms with van der Waals surface area (Å²) in [5.41, 5.74) is 8.56. The molecule has 3 nitrogen and oxygen atoms in total. The Bertz CT molecular complexity index is 381. The lowest BCUT2D eigenvalue weighted by Crippen LogP contribution is -2.25. The lowest BCUT2D eigenvalue weighted by molar-refractivity contribution is 0.688. The van der Waals surface area contributed by atoms with Crippen molar-refractivity contribution in [2.75, 3.05) is 18.0 Å². The molecule has 0 saturated carbocycles. The van der Waals surface area contributed by atoms with Gasteiger partial charge in [-0.2, -0.15) is 0 Å². The summed E-state index contributed by atoms with van der Waals surface area (Å²) in [6.45, 7) is 6.55. The van der Waals surface area contributed by atoms with Crippen LogP contribution in [0.4, 0.5) is 5.82 Å². The van der Waals surface area contributed by atoms with Crippen LogP contribution in [0.5, 0.6) is 0 Å². The lowest BCUT2D eigenvalue weighted by Gasteiger charge is -2.23. The minimum Gasteiger partial charge on any atom is -0.357 e. The molecule has 100 valence electrons. The monoisotopic (exact) mass is 247 g/mol. The van der Waals surface area contributed by atoms with Crippen molar-refractivity contribution in [2.45, 2.75) is 52.0 Å². The van der Waals surface area contributed by atoms with Crippen molar-refractivity contribution in [3.05, 3.63) is 23.4 Å². The van der Waals surface area contributed by atoms with Crippen LogP contribution in [-0.4, -0.2) is 18.1 Å². The number of nitrogens with zero attached hydrogens (tertiary/aromatic N) is 2. The van der Waals surface area contributed by atoms with E-state index in [0.717, 1.165) is 25.3 Å². The van der Waals surface area contributed by atoms with E-state index in [1.54, 1.807) is 0 Å². The third-order valence-corrected chi connectivity index (χ3v) is 3.91. The molecule has 0 aliphatic carbocycles.